The molecule has 6 nitrogen and oxygen atoms in total. The van der Waals surface area contributed by atoms with Crippen molar-refractivity contribution in [3.63, 3.8) is 0 Å². The molecule has 1 saturated heterocycles. The number of likely N-dealkylation sites (tertiary alicyclic amines) is 1. The fraction of sp³-hybridized carbons (Fsp3) is 0.643. The minimum Gasteiger partial charge on any atom is -0.480 e. The normalized spacial score (nSPS) is 28.4. The first-order valence-electron chi connectivity index (χ1n) is 7.28. The number of carbonyl (C=O) groups is 2. The first kappa shape index (κ1) is 14.6. The molecule has 0 bridgehead atoms. The molecule has 1 amide bonds. The van der Waals surface area contributed by atoms with E-state index in [1.165, 1.54) is 0 Å². The molecule has 114 valence electrons. The van der Waals surface area contributed by atoms with Crippen molar-refractivity contribution in [2.24, 2.45) is 5.92 Å². The van der Waals surface area contributed by atoms with Gasteiger partial charge in [0, 0.05) is 12.2 Å². The highest BCUT2D eigenvalue weighted by Crippen LogP contribution is 2.39. The van der Waals surface area contributed by atoms with Gasteiger partial charge in [-0.2, -0.15) is 5.10 Å². The Labute approximate surface area is 131 Å². The fourth-order valence-electron chi connectivity index (χ4n) is 3.68. The molecule has 1 aliphatic carbocycles. The molecule has 1 N–H and O–H groups in total. The van der Waals surface area contributed by atoms with Crippen LogP contribution in [0.25, 0.3) is 0 Å². The summed E-state index contributed by atoms with van der Waals surface area (Å²) in [7, 11) is 0. The number of carboxylic acids is 1. The molecular weight excluding hydrogens is 338 g/mol. The van der Waals surface area contributed by atoms with Gasteiger partial charge in [0.2, 0.25) is 5.91 Å². The molecule has 2 aliphatic rings. The molecule has 3 unspecified atom stereocenters. The topological polar surface area (TPSA) is 75.4 Å². The van der Waals surface area contributed by atoms with E-state index in [1.807, 2.05) is 0 Å². The molecule has 1 aliphatic heterocycles. The second-order valence-electron chi connectivity index (χ2n) is 5.86. The minimum atomic E-state index is -0.889. The molecule has 1 aromatic heterocycles. The van der Waals surface area contributed by atoms with Gasteiger partial charge >= 0.3 is 5.97 Å². The Hall–Kier alpha value is -1.37. The van der Waals surface area contributed by atoms with Crippen LogP contribution < -0.4 is 0 Å². The maximum atomic E-state index is 12.6. The first-order valence-corrected chi connectivity index (χ1v) is 8.07. The van der Waals surface area contributed by atoms with E-state index in [-0.39, 0.29) is 18.5 Å². The zero-order valence-electron chi connectivity index (χ0n) is 11.6. The number of aromatic nitrogens is 2. The van der Waals surface area contributed by atoms with Gasteiger partial charge in [0.15, 0.2) is 0 Å². The number of nitrogens with zero attached hydrogens (tertiary/aromatic N) is 3. The van der Waals surface area contributed by atoms with Crippen molar-refractivity contribution in [2.75, 3.05) is 0 Å². The number of hydrogen-bond donors (Lipinski definition) is 1. The van der Waals surface area contributed by atoms with E-state index in [0.29, 0.717) is 12.3 Å². The third-order valence-electron chi connectivity index (χ3n) is 4.56. The van der Waals surface area contributed by atoms with E-state index in [1.54, 1.807) is 22.0 Å². The van der Waals surface area contributed by atoms with Gasteiger partial charge in [-0.15, -0.1) is 0 Å². The van der Waals surface area contributed by atoms with Gasteiger partial charge in [0.05, 0.1) is 10.7 Å². The van der Waals surface area contributed by atoms with E-state index in [0.717, 1.165) is 30.2 Å². The molecule has 0 spiro atoms. The van der Waals surface area contributed by atoms with Crippen molar-refractivity contribution >= 4 is 27.8 Å². The summed E-state index contributed by atoms with van der Waals surface area (Å²) in [5.41, 5.74) is 0. The summed E-state index contributed by atoms with van der Waals surface area (Å²) in [5, 5.41) is 13.5. The van der Waals surface area contributed by atoms with E-state index in [4.69, 9.17) is 0 Å². The minimum absolute atomic E-state index is 0.0892. The van der Waals surface area contributed by atoms with E-state index in [2.05, 4.69) is 21.0 Å². The number of carbonyl (C=O) groups excluding carboxylic acids is 1. The van der Waals surface area contributed by atoms with Crippen molar-refractivity contribution in [1.82, 2.24) is 14.7 Å². The van der Waals surface area contributed by atoms with Crippen LogP contribution in [0.4, 0.5) is 0 Å². The summed E-state index contributed by atoms with van der Waals surface area (Å²) in [6.45, 7) is 0.0958. The van der Waals surface area contributed by atoms with Crippen LogP contribution in [0.15, 0.2) is 16.9 Å². The number of amides is 1. The van der Waals surface area contributed by atoms with Crippen molar-refractivity contribution in [2.45, 2.75) is 50.7 Å². The molecule has 7 heteroatoms. The number of hydrogen-bond acceptors (Lipinski definition) is 3. The zero-order chi connectivity index (χ0) is 15.0. The molecule has 3 rings (SSSR count). The highest BCUT2D eigenvalue weighted by Gasteiger charge is 2.47. The lowest BCUT2D eigenvalue weighted by Crippen LogP contribution is -2.47. The van der Waals surface area contributed by atoms with Crippen LogP contribution in [-0.2, 0) is 16.1 Å². The van der Waals surface area contributed by atoms with Crippen LogP contribution in [0.5, 0.6) is 0 Å². The number of rotatable bonds is 3. The maximum absolute atomic E-state index is 12.6. The molecule has 0 radical (unpaired) electrons. The van der Waals surface area contributed by atoms with E-state index >= 15 is 0 Å². The second kappa shape index (κ2) is 5.79. The van der Waals surface area contributed by atoms with Crippen LogP contribution in [0.1, 0.15) is 32.1 Å². The third kappa shape index (κ3) is 2.84. The van der Waals surface area contributed by atoms with Crippen molar-refractivity contribution in [1.29, 1.82) is 0 Å². The number of carboxylic acid groups (broad SMARTS) is 1. The summed E-state index contributed by atoms with van der Waals surface area (Å²) < 4.78 is 2.35. The first-order chi connectivity index (χ1) is 10.1. The van der Waals surface area contributed by atoms with Crippen molar-refractivity contribution in [3.8, 4) is 0 Å². The number of fused-ring (bicyclic) bond motifs is 1. The predicted molar refractivity (Wildman–Crippen MR) is 78.6 cm³/mol. The Morgan fingerprint density at radius 1 is 1.38 bits per heavy atom. The summed E-state index contributed by atoms with van der Waals surface area (Å²) in [6.07, 6.45) is 8.10. The molecule has 1 saturated carbocycles. The SMILES string of the molecule is O=C(O)C1CC2CCCCC2N1C(=O)Cn1cc(Br)cn1. The summed E-state index contributed by atoms with van der Waals surface area (Å²) in [4.78, 5) is 25.7. The van der Waals surface area contributed by atoms with Crippen LogP contribution in [0, 0.1) is 5.92 Å². The lowest BCUT2D eigenvalue weighted by atomic mass is 9.85. The van der Waals surface area contributed by atoms with Crippen molar-refractivity contribution in [3.05, 3.63) is 16.9 Å². The molecule has 3 atom stereocenters. The zero-order valence-corrected chi connectivity index (χ0v) is 13.2. The Morgan fingerprint density at radius 2 is 2.14 bits per heavy atom. The third-order valence-corrected chi connectivity index (χ3v) is 4.97. The number of halogens is 1. The predicted octanol–water partition coefficient (Wildman–Crippen LogP) is 1.89. The van der Waals surface area contributed by atoms with Crippen LogP contribution in [-0.4, -0.2) is 43.7 Å². The Bertz CT molecular complexity index is 559. The van der Waals surface area contributed by atoms with Gasteiger partial charge in [-0.3, -0.25) is 9.48 Å². The Balaban J connectivity index is 1.79. The highest BCUT2D eigenvalue weighted by molar-refractivity contribution is 9.10. The highest BCUT2D eigenvalue weighted by atomic mass is 79.9. The van der Waals surface area contributed by atoms with Crippen molar-refractivity contribution < 1.29 is 14.7 Å². The molecule has 0 aromatic carbocycles. The van der Waals surface area contributed by atoms with Gasteiger partial charge in [-0.1, -0.05) is 12.8 Å². The summed E-state index contributed by atoms with van der Waals surface area (Å²) in [6, 6.07) is -0.587. The van der Waals surface area contributed by atoms with Gasteiger partial charge in [0.25, 0.3) is 0 Å². The van der Waals surface area contributed by atoms with Gasteiger partial charge in [0.1, 0.15) is 12.6 Å². The van der Waals surface area contributed by atoms with Crippen LogP contribution in [0.3, 0.4) is 0 Å². The molecule has 21 heavy (non-hydrogen) atoms. The maximum Gasteiger partial charge on any atom is 0.326 e. The van der Waals surface area contributed by atoms with Crippen LogP contribution >= 0.6 is 15.9 Å². The summed E-state index contributed by atoms with van der Waals surface area (Å²) >= 11 is 3.29. The number of aliphatic carboxylic acids is 1. The van der Waals surface area contributed by atoms with Gasteiger partial charge in [-0.05, 0) is 41.1 Å². The van der Waals surface area contributed by atoms with E-state index < -0.39 is 12.0 Å². The van der Waals surface area contributed by atoms with Crippen LogP contribution in [0.2, 0.25) is 0 Å². The monoisotopic (exact) mass is 355 g/mol. The second-order valence-corrected chi connectivity index (χ2v) is 6.77. The molecular formula is C14H18BrN3O3. The fourth-order valence-corrected chi connectivity index (χ4v) is 4.01. The Morgan fingerprint density at radius 3 is 2.81 bits per heavy atom. The quantitative estimate of drug-likeness (QED) is 0.898. The molecule has 1 aromatic rings. The average Bonchev–Trinajstić information content (AvgIpc) is 3.02. The lowest BCUT2D eigenvalue weighted by Gasteiger charge is -2.33. The van der Waals surface area contributed by atoms with Gasteiger partial charge in [-0.25, -0.2) is 4.79 Å². The standard InChI is InChI=1S/C14H18BrN3O3/c15-10-6-16-17(7-10)8-13(19)18-11-4-2-1-3-9(11)5-12(18)14(20)21/h6-7,9,11-12H,1-5,8H2,(H,20,21). The average molecular weight is 356 g/mol. The van der Waals surface area contributed by atoms with Gasteiger partial charge < -0.3 is 10.0 Å². The summed E-state index contributed by atoms with van der Waals surface area (Å²) in [5.74, 6) is -0.694. The molecule has 2 fully saturated rings. The smallest absolute Gasteiger partial charge is 0.326 e. The van der Waals surface area contributed by atoms with E-state index in [9.17, 15) is 14.7 Å². The lowest BCUT2D eigenvalue weighted by molar-refractivity contribution is -0.150. The largest absolute Gasteiger partial charge is 0.480 e. The Kier molecular flexibility index (Phi) is 4.01. The molecule has 2 heterocycles.